The second-order valence-electron chi connectivity index (χ2n) is 3.52. The number of hydrogen-bond acceptors (Lipinski definition) is 3. The standard InChI is InChI=1S/C11H11N3O2/c1-7(15)11(16)14(2)8-3-4-9-10(5-8)13-6-12-9/h3-6H,1-2H3,(H,12,13). The summed E-state index contributed by atoms with van der Waals surface area (Å²) in [7, 11) is 1.57. The molecule has 0 radical (unpaired) electrons. The molecule has 1 amide bonds. The van der Waals surface area contributed by atoms with Crippen LogP contribution in [-0.4, -0.2) is 28.7 Å². The average molecular weight is 217 g/mol. The minimum atomic E-state index is -0.529. The largest absolute Gasteiger partial charge is 0.345 e. The number of ketones is 1. The van der Waals surface area contributed by atoms with Crippen molar-refractivity contribution >= 4 is 28.4 Å². The second-order valence-corrected chi connectivity index (χ2v) is 3.52. The molecule has 0 unspecified atom stereocenters. The van der Waals surface area contributed by atoms with Crippen molar-refractivity contribution in [3.63, 3.8) is 0 Å². The number of fused-ring (bicyclic) bond motifs is 1. The number of benzene rings is 1. The molecule has 0 aliphatic rings. The molecule has 1 N–H and O–H groups in total. The molecule has 1 heterocycles. The van der Waals surface area contributed by atoms with E-state index in [4.69, 9.17) is 0 Å². The van der Waals surface area contributed by atoms with Crippen LogP contribution in [-0.2, 0) is 9.59 Å². The smallest absolute Gasteiger partial charge is 0.293 e. The lowest BCUT2D eigenvalue weighted by atomic mass is 10.2. The van der Waals surface area contributed by atoms with Crippen LogP contribution in [0.4, 0.5) is 5.69 Å². The van der Waals surface area contributed by atoms with Crippen LogP contribution in [0.1, 0.15) is 6.92 Å². The predicted molar refractivity (Wildman–Crippen MR) is 60.2 cm³/mol. The van der Waals surface area contributed by atoms with E-state index in [-0.39, 0.29) is 0 Å². The first kappa shape index (κ1) is 10.4. The van der Waals surface area contributed by atoms with Gasteiger partial charge in [-0.1, -0.05) is 0 Å². The fraction of sp³-hybridized carbons (Fsp3) is 0.182. The van der Waals surface area contributed by atoms with E-state index in [0.717, 1.165) is 11.0 Å². The first-order valence-corrected chi connectivity index (χ1v) is 4.81. The first-order valence-electron chi connectivity index (χ1n) is 4.81. The highest BCUT2D eigenvalue weighted by molar-refractivity contribution is 6.40. The second kappa shape index (κ2) is 3.77. The van der Waals surface area contributed by atoms with Crippen molar-refractivity contribution in [1.29, 1.82) is 0 Å². The number of Topliss-reactive ketones (excluding diaryl/α,β-unsaturated/α-hetero) is 1. The van der Waals surface area contributed by atoms with Crippen molar-refractivity contribution in [3.8, 4) is 0 Å². The lowest BCUT2D eigenvalue weighted by Gasteiger charge is -2.15. The van der Waals surface area contributed by atoms with Crippen LogP contribution in [0.15, 0.2) is 24.5 Å². The van der Waals surface area contributed by atoms with Crippen molar-refractivity contribution in [2.75, 3.05) is 11.9 Å². The van der Waals surface area contributed by atoms with E-state index >= 15 is 0 Å². The van der Waals surface area contributed by atoms with E-state index < -0.39 is 11.7 Å². The van der Waals surface area contributed by atoms with Crippen molar-refractivity contribution in [2.24, 2.45) is 0 Å². The molecule has 1 aromatic heterocycles. The predicted octanol–water partition coefficient (Wildman–Crippen LogP) is 1.11. The Bertz CT molecular complexity index is 559. The van der Waals surface area contributed by atoms with Crippen molar-refractivity contribution in [1.82, 2.24) is 9.97 Å². The molecule has 0 saturated heterocycles. The number of amides is 1. The molecule has 82 valence electrons. The fourth-order valence-corrected chi connectivity index (χ4v) is 1.49. The van der Waals surface area contributed by atoms with Crippen LogP contribution < -0.4 is 4.90 Å². The summed E-state index contributed by atoms with van der Waals surface area (Å²) in [6.07, 6.45) is 1.58. The maximum atomic E-state index is 11.5. The molecule has 0 saturated carbocycles. The van der Waals surface area contributed by atoms with Gasteiger partial charge in [-0.3, -0.25) is 9.59 Å². The Balaban J connectivity index is 2.39. The van der Waals surface area contributed by atoms with Gasteiger partial charge in [0.25, 0.3) is 5.91 Å². The quantitative estimate of drug-likeness (QED) is 0.766. The van der Waals surface area contributed by atoms with Gasteiger partial charge in [0.05, 0.1) is 17.4 Å². The summed E-state index contributed by atoms with van der Waals surface area (Å²) in [5.74, 6) is -1.01. The van der Waals surface area contributed by atoms with Gasteiger partial charge in [0.1, 0.15) is 0 Å². The number of imidazole rings is 1. The Morgan fingerprint density at radius 1 is 1.38 bits per heavy atom. The Kier molecular flexibility index (Phi) is 2.44. The molecular weight excluding hydrogens is 206 g/mol. The molecule has 2 rings (SSSR count). The van der Waals surface area contributed by atoms with Gasteiger partial charge >= 0.3 is 0 Å². The number of rotatable bonds is 2. The van der Waals surface area contributed by atoms with E-state index in [9.17, 15) is 9.59 Å². The van der Waals surface area contributed by atoms with E-state index in [0.29, 0.717) is 5.69 Å². The molecule has 0 aliphatic heterocycles. The number of anilines is 1. The minimum absolute atomic E-state index is 0.479. The normalized spacial score (nSPS) is 10.4. The molecule has 5 heteroatoms. The van der Waals surface area contributed by atoms with Crippen molar-refractivity contribution in [2.45, 2.75) is 6.92 Å². The highest BCUT2D eigenvalue weighted by Crippen LogP contribution is 2.18. The molecule has 2 aromatic rings. The summed E-state index contributed by atoms with van der Waals surface area (Å²) in [4.78, 5) is 30.8. The van der Waals surface area contributed by atoms with E-state index in [1.807, 2.05) is 0 Å². The zero-order chi connectivity index (χ0) is 11.7. The van der Waals surface area contributed by atoms with Gasteiger partial charge in [0.2, 0.25) is 5.78 Å². The van der Waals surface area contributed by atoms with Gasteiger partial charge < -0.3 is 9.88 Å². The van der Waals surface area contributed by atoms with Gasteiger partial charge in [0, 0.05) is 19.7 Å². The third-order valence-electron chi connectivity index (χ3n) is 2.40. The first-order chi connectivity index (χ1) is 7.59. The lowest BCUT2D eigenvalue weighted by molar-refractivity contribution is -0.134. The summed E-state index contributed by atoms with van der Waals surface area (Å²) in [5.41, 5.74) is 2.32. The number of likely N-dealkylation sites (N-methyl/N-ethyl adjacent to an activating group) is 1. The molecule has 0 atom stereocenters. The Hall–Kier alpha value is -2.17. The molecular formula is C11H11N3O2. The van der Waals surface area contributed by atoms with Crippen molar-refractivity contribution < 1.29 is 9.59 Å². The van der Waals surface area contributed by atoms with Crippen LogP contribution in [0.5, 0.6) is 0 Å². The minimum Gasteiger partial charge on any atom is -0.345 e. The summed E-state index contributed by atoms with van der Waals surface area (Å²) in [6, 6.07) is 5.33. The molecule has 16 heavy (non-hydrogen) atoms. The molecule has 1 aromatic carbocycles. The number of aromatic nitrogens is 2. The number of aromatic amines is 1. The molecule has 5 nitrogen and oxygen atoms in total. The van der Waals surface area contributed by atoms with Gasteiger partial charge in [-0.05, 0) is 18.2 Å². The van der Waals surface area contributed by atoms with Crippen LogP contribution in [0.3, 0.4) is 0 Å². The third kappa shape index (κ3) is 1.67. The molecule has 0 bridgehead atoms. The monoisotopic (exact) mass is 217 g/mol. The number of carbonyl (C=O) groups is 2. The molecule has 0 aliphatic carbocycles. The zero-order valence-electron chi connectivity index (χ0n) is 9.02. The number of carbonyl (C=O) groups excluding carboxylic acids is 2. The average Bonchev–Trinajstić information content (AvgIpc) is 2.73. The fourth-order valence-electron chi connectivity index (χ4n) is 1.49. The van der Waals surface area contributed by atoms with E-state index in [2.05, 4.69) is 9.97 Å². The maximum Gasteiger partial charge on any atom is 0.293 e. The number of hydrogen-bond donors (Lipinski definition) is 1. The molecule has 0 spiro atoms. The van der Waals surface area contributed by atoms with Crippen LogP contribution in [0.2, 0.25) is 0 Å². The van der Waals surface area contributed by atoms with Crippen molar-refractivity contribution in [3.05, 3.63) is 24.5 Å². The summed E-state index contributed by atoms with van der Waals surface area (Å²) in [5, 5.41) is 0. The summed E-state index contributed by atoms with van der Waals surface area (Å²) >= 11 is 0. The molecule has 0 fully saturated rings. The van der Waals surface area contributed by atoms with E-state index in [1.54, 1.807) is 31.6 Å². The Morgan fingerprint density at radius 3 is 2.81 bits per heavy atom. The highest BCUT2D eigenvalue weighted by Gasteiger charge is 2.15. The van der Waals surface area contributed by atoms with E-state index in [1.165, 1.54) is 11.8 Å². The number of H-pyrrole nitrogens is 1. The lowest BCUT2D eigenvalue weighted by Crippen LogP contribution is -2.31. The zero-order valence-corrected chi connectivity index (χ0v) is 9.02. The van der Waals surface area contributed by atoms with Gasteiger partial charge in [-0.15, -0.1) is 0 Å². The van der Waals surface area contributed by atoms with Crippen LogP contribution >= 0.6 is 0 Å². The van der Waals surface area contributed by atoms with Gasteiger partial charge in [0.15, 0.2) is 0 Å². The number of nitrogens with one attached hydrogen (secondary N) is 1. The summed E-state index contributed by atoms with van der Waals surface area (Å²) in [6.45, 7) is 1.26. The van der Waals surface area contributed by atoms with Gasteiger partial charge in [-0.25, -0.2) is 4.98 Å². The topological polar surface area (TPSA) is 66.1 Å². The SMILES string of the molecule is CC(=O)C(=O)N(C)c1ccc2nc[nH]c2c1. The third-order valence-corrected chi connectivity index (χ3v) is 2.40. The Labute approximate surface area is 92.1 Å². The van der Waals surface area contributed by atoms with Crippen LogP contribution in [0.25, 0.3) is 11.0 Å². The maximum absolute atomic E-state index is 11.5. The van der Waals surface area contributed by atoms with Crippen LogP contribution in [0, 0.1) is 0 Å². The van der Waals surface area contributed by atoms with Gasteiger partial charge in [-0.2, -0.15) is 0 Å². The number of nitrogens with zero attached hydrogens (tertiary/aromatic N) is 2. The summed E-state index contributed by atoms with van der Waals surface area (Å²) < 4.78 is 0. The highest BCUT2D eigenvalue weighted by atomic mass is 16.2. The Morgan fingerprint density at radius 2 is 2.12 bits per heavy atom.